The van der Waals surface area contributed by atoms with E-state index in [1.165, 1.54) is 22.5 Å². The predicted octanol–water partition coefficient (Wildman–Crippen LogP) is 5.29. The van der Waals surface area contributed by atoms with Crippen molar-refractivity contribution < 1.29 is 4.79 Å². The first kappa shape index (κ1) is 19.6. The molecule has 1 fully saturated rings. The van der Waals surface area contributed by atoms with E-state index in [1.807, 2.05) is 13.8 Å². The highest BCUT2D eigenvalue weighted by atomic mass is 32.1. The first-order chi connectivity index (χ1) is 14.0. The number of nitrogens with zero attached hydrogens (tertiary/aromatic N) is 3. The predicted molar refractivity (Wildman–Crippen MR) is 121 cm³/mol. The normalized spacial score (nSPS) is 26.2. The van der Waals surface area contributed by atoms with Gasteiger partial charge in [-0.05, 0) is 69.2 Å². The lowest BCUT2D eigenvalue weighted by Crippen LogP contribution is -2.48. The number of anilines is 1. The molecule has 2 atom stereocenters. The van der Waals surface area contributed by atoms with Gasteiger partial charge < -0.3 is 5.32 Å². The Balaban J connectivity index is 1.71. The molecule has 2 heterocycles. The van der Waals surface area contributed by atoms with Gasteiger partial charge in [0.05, 0.1) is 33.5 Å². The molecule has 156 valence electrons. The van der Waals surface area contributed by atoms with Crippen molar-refractivity contribution in [2.45, 2.75) is 72.1 Å². The Hall–Kier alpha value is -2.34. The van der Waals surface area contributed by atoms with Crippen molar-refractivity contribution in [2.75, 3.05) is 5.32 Å². The van der Waals surface area contributed by atoms with Crippen LogP contribution in [0, 0.1) is 33.1 Å². The molecular formula is C24H28N4OS. The summed E-state index contributed by atoms with van der Waals surface area (Å²) in [6.07, 6.45) is 1.71. The molecule has 1 aromatic carbocycles. The van der Waals surface area contributed by atoms with Crippen molar-refractivity contribution in [1.82, 2.24) is 15.0 Å². The molecular weight excluding hydrogens is 392 g/mol. The Kier molecular flexibility index (Phi) is 3.84. The molecule has 2 aromatic heterocycles. The maximum Gasteiger partial charge on any atom is 0.239 e. The smallest absolute Gasteiger partial charge is 0.239 e. The molecule has 0 aliphatic heterocycles. The Morgan fingerprint density at radius 2 is 1.53 bits per heavy atom. The van der Waals surface area contributed by atoms with Gasteiger partial charge in [-0.25, -0.2) is 15.0 Å². The average molecular weight is 421 g/mol. The molecule has 1 saturated carbocycles. The lowest BCUT2D eigenvalue weighted by Gasteiger charge is -2.39. The molecule has 2 bridgehead atoms. The van der Waals surface area contributed by atoms with Crippen LogP contribution in [0.2, 0.25) is 0 Å². The van der Waals surface area contributed by atoms with E-state index in [9.17, 15) is 4.79 Å². The van der Waals surface area contributed by atoms with Crippen LogP contribution in [0.15, 0.2) is 12.1 Å². The Morgan fingerprint density at radius 3 is 2.10 bits per heavy atom. The van der Waals surface area contributed by atoms with Crippen LogP contribution >= 0.6 is 11.3 Å². The Bertz CT molecular complexity index is 1220. The number of amides is 1. The van der Waals surface area contributed by atoms with E-state index in [1.54, 1.807) is 0 Å². The van der Waals surface area contributed by atoms with Gasteiger partial charge >= 0.3 is 0 Å². The van der Waals surface area contributed by atoms with E-state index in [0.29, 0.717) is 5.13 Å². The minimum Gasteiger partial charge on any atom is -0.301 e. The van der Waals surface area contributed by atoms with Gasteiger partial charge in [-0.3, -0.25) is 4.79 Å². The highest BCUT2D eigenvalue weighted by molar-refractivity contribution is 7.15. The van der Waals surface area contributed by atoms with Gasteiger partial charge in [0.1, 0.15) is 0 Å². The second-order valence-electron chi connectivity index (χ2n) is 9.82. The number of hydrogen-bond acceptors (Lipinski definition) is 5. The van der Waals surface area contributed by atoms with Crippen molar-refractivity contribution in [2.24, 2.45) is 5.41 Å². The molecule has 5 nitrogen and oxygen atoms in total. The quantitative estimate of drug-likeness (QED) is 0.612. The number of rotatable bonds is 2. The number of benzene rings is 1. The maximum atomic E-state index is 13.9. The number of fused-ring (bicyclic) bond motifs is 6. The number of carbonyl (C=O) groups excluding carboxylic acids is 1. The zero-order chi connectivity index (χ0) is 21.6. The summed E-state index contributed by atoms with van der Waals surface area (Å²) in [6, 6.07) is 4.21. The summed E-state index contributed by atoms with van der Waals surface area (Å²) in [4.78, 5) is 29.8. The Labute approximate surface area is 181 Å². The van der Waals surface area contributed by atoms with Crippen LogP contribution in [0.4, 0.5) is 5.13 Å². The maximum absolute atomic E-state index is 13.9. The van der Waals surface area contributed by atoms with E-state index in [2.05, 4.69) is 57.1 Å². The molecule has 30 heavy (non-hydrogen) atoms. The number of hydrogen-bond donors (Lipinski definition) is 1. The fourth-order valence-corrected chi connectivity index (χ4v) is 6.40. The Morgan fingerprint density at radius 1 is 0.933 bits per heavy atom. The van der Waals surface area contributed by atoms with Gasteiger partial charge in [-0.15, -0.1) is 11.3 Å². The zero-order valence-electron chi connectivity index (χ0n) is 18.7. The van der Waals surface area contributed by atoms with Gasteiger partial charge in [0, 0.05) is 10.3 Å². The van der Waals surface area contributed by atoms with E-state index >= 15 is 0 Å². The molecule has 1 N–H and O–H groups in total. The van der Waals surface area contributed by atoms with E-state index < -0.39 is 5.41 Å². The van der Waals surface area contributed by atoms with Crippen molar-refractivity contribution in [3.63, 3.8) is 0 Å². The second kappa shape index (κ2) is 5.88. The standard InChI is InChI=1S/C24H28N4OS/c1-12-10-16-17(11-13(12)2)27-19-18(26-16)23(7)8-9-24(19,22(23,5)6)20(29)28-21-25-14(3)15(4)30-21/h10-11H,8-9H2,1-7H3,(H,25,28,29). The van der Waals surface area contributed by atoms with Crippen LogP contribution in [-0.4, -0.2) is 20.9 Å². The molecule has 0 spiro atoms. The van der Waals surface area contributed by atoms with Crippen LogP contribution in [0.5, 0.6) is 0 Å². The zero-order valence-corrected chi connectivity index (χ0v) is 19.5. The van der Waals surface area contributed by atoms with E-state index in [-0.39, 0.29) is 16.7 Å². The van der Waals surface area contributed by atoms with Crippen LogP contribution in [-0.2, 0) is 15.6 Å². The summed E-state index contributed by atoms with van der Waals surface area (Å²) in [5, 5.41) is 3.82. The number of nitrogens with one attached hydrogen (secondary N) is 1. The minimum absolute atomic E-state index is 0.00112. The lowest BCUT2D eigenvalue weighted by atomic mass is 9.63. The molecule has 1 amide bonds. The summed E-state index contributed by atoms with van der Waals surface area (Å²) in [7, 11) is 0. The first-order valence-corrected chi connectivity index (χ1v) is 11.4. The summed E-state index contributed by atoms with van der Waals surface area (Å²) in [5.74, 6) is 0.00112. The van der Waals surface area contributed by atoms with Gasteiger partial charge in [-0.2, -0.15) is 0 Å². The van der Waals surface area contributed by atoms with Crippen molar-refractivity contribution in [3.8, 4) is 0 Å². The monoisotopic (exact) mass is 420 g/mol. The van der Waals surface area contributed by atoms with Gasteiger partial charge in [-0.1, -0.05) is 20.8 Å². The largest absolute Gasteiger partial charge is 0.301 e. The third kappa shape index (κ3) is 2.18. The van der Waals surface area contributed by atoms with Crippen LogP contribution < -0.4 is 5.32 Å². The molecule has 5 rings (SSSR count). The fraction of sp³-hybridized carbons (Fsp3) is 0.500. The topological polar surface area (TPSA) is 67.8 Å². The summed E-state index contributed by atoms with van der Waals surface area (Å²) < 4.78 is 0. The van der Waals surface area contributed by atoms with Gasteiger partial charge in [0.25, 0.3) is 0 Å². The molecule has 2 aliphatic carbocycles. The van der Waals surface area contributed by atoms with Crippen molar-refractivity contribution in [1.29, 1.82) is 0 Å². The van der Waals surface area contributed by atoms with Crippen molar-refractivity contribution >= 4 is 33.4 Å². The van der Waals surface area contributed by atoms with Gasteiger partial charge in [0.2, 0.25) is 5.91 Å². The first-order valence-electron chi connectivity index (χ1n) is 10.6. The van der Waals surface area contributed by atoms with E-state index in [0.717, 1.165) is 45.8 Å². The number of carbonyl (C=O) groups is 1. The second-order valence-corrected chi connectivity index (χ2v) is 11.0. The van der Waals surface area contributed by atoms with Crippen LogP contribution in [0.1, 0.15) is 66.7 Å². The fourth-order valence-electron chi connectivity index (χ4n) is 5.59. The third-order valence-corrected chi connectivity index (χ3v) is 9.28. The molecule has 0 saturated heterocycles. The molecule has 6 heteroatoms. The highest BCUT2D eigenvalue weighted by Gasteiger charge is 2.73. The molecule has 0 radical (unpaired) electrons. The third-order valence-electron chi connectivity index (χ3n) is 8.29. The summed E-state index contributed by atoms with van der Waals surface area (Å²) in [6.45, 7) is 14.9. The van der Waals surface area contributed by atoms with Gasteiger partial charge in [0.15, 0.2) is 5.13 Å². The molecule has 2 unspecified atom stereocenters. The average Bonchev–Trinajstić information content (AvgIpc) is 3.14. The lowest BCUT2D eigenvalue weighted by molar-refractivity contribution is -0.125. The van der Waals surface area contributed by atoms with Crippen LogP contribution in [0.3, 0.4) is 0 Å². The minimum atomic E-state index is -0.704. The van der Waals surface area contributed by atoms with Crippen molar-refractivity contribution in [3.05, 3.63) is 45.2 Å². The highest BCUT2D eigenvalue weighted by Crippen LogP contribution is 2.70. The molecule has 2 aliphatic rings. The number of aromatic nitrogens is 3. The SMILES string of the molecule is Cc1cc2nc3c(nc2cc1C)C1(C(=O)Nc2nc(C)c(C)s2)CCC3(C)C1(C)C. The summed E-state index contributed by atoms with van der Waals surface area (Å²) in [5.41, 5.74) is 5.83. The molecule has 3 aromatic rings. The number of thiazole rings is 1. The van der Waals surface area contributed by atoms with Crippen LogP contribution in [0.25, 0.3) is 11.0 Å². The number of aryl methyl sites for hydroxylation is 4. The summed E-state index contributed by atoms with van der Waals surface area (Å²) >= 11 is 1.53. The van der Waals surface area contributed by atoms with E-state index in [4.69, 9.17) is 9.97 Å².